The van der Waals surface area contributed by atoms with Crippen LogP contribution in [0.4, 0.5) is 51.2 Å². The Balaban J connectivity index is 1.11. The van der Waals surface area contributed by atoms with Gasteiger partial charge in [0.15, 0.2) is 0 Å². The summed E-state index contributed by atoms with van der Waals surface area (Å²) in [6, 6.07) is 43.1. The minimum absolute atomic E-state index is 0.0858. The standard InChI is InChI=1S/C71H102N10O6/c1-48-19-23-50(24-20-48)74(53-31-35-56(36-32-53)76(58-40-64(2,3)78(84)65(4,5)41-58)59-42-66(6,7)79(85)67(8,9)43-59)52-27-29-54(30-28-52)75(51-25-21-49(22-26-51)73-63(83)39-62(82)72-18)55-33-37-57(38-34-55)77(60-44-68(10,11)80(86)69(12,13)45-60)61-46-70(14,15)81(87)71(16,17)47-61/h19-38,58-61,84-87H,39-47H2,1-18H3,(H,72,82)(H,73,83). The normalized spacial score (nSPS) is 22.3. The lowest BCUT2D eigenvalue weighted by molar-refractivity contribution is -0.250. The molecule has 6 N–H and O–H groups in total. The van der Waals surface area contributed by atoms with Gasteiger partial charge in [-0.1, -0.05) is 17.7 Å². The molecule has 0 aromatic heterocycles. The SMILES string of the molecule is CNC(=O)CC(=O)Nc1ccc(N(c2ccc(N(c3ccc(C)cc3)c3ccc(N(C4CC(C)(C)N(O)C(C)(C)C4)C4CC(C)(C)N(O)C(C)(C)C4)cc3)cc2)c2ccc(N(C3CC(C)(C)N(O)C(C)(C)C3)C3CC(C)(C)N(O)C(C)(C)C3)cc2)cc1. The van der Waals surface area contributed by atoms with Crippen molar-refractivity contribution in [3.63, 3.8) is 0 Å². The van der Waals surface area contributed by atoms with E-state index in [1.165, 1.54) is 7.05 Å². The van der Waals surface area contributed by atoms with Gasteiger partial charge in [-0.05, 0) is 278 Å². The molecular formula is C71H102N10O6. The van der Waals surface area contributed by atoms with Crippen LogP contribution >= 0.6 is 0 Å². The molecule has 472 valence electrons. The molecule has 0 radical (unpaired) electrons. The van der Waals surface area contributed by atoms with Crippen LogP contribution in [0, 0.1) is 6.92 Å². The molecule has 0 bridgehead atoms. The van der Waals surface area contributed by atoms with Crippen molar-refractivity contribution in [3.8, 4) is 0 Å². The Labute approximate surface area is 519 Å². The van der Waals surface area contributed by atoms with Gasteiger partial charge in [-0.2, -0.15) is 20.3 Å². The Morgan fingerprint density at radius 1 is 0.368 bits per heavy atom. The number of nitrogens with zero attached hydrogens (tertiary/aromatic N) is 8. The maximum atomic E-state index is 12.9. The number of hydrogen-bond donors (Lipinski definition) is 6. The average molecular weight is 1190 g/mol. The van der Waals surface area contributed by atoms with Gasteiger partial charge in [0, 0.05) is 127 Å². The molecule has 5 aromatic carbocycles. The van der Waals surface area contributed by atoms with E-state index in [-0.39, 0.29) is 36.5 Å². The largest absolute Gasteiger partial charge is 0.365 e. The van der Waals surface area contributed by atoms with E-state index in [4.69, 9.17) is 0 Å². The second-order valence-electron chi connectivity index (χ2n) is 30.8. The van der Waals surface area contributed by atoms with Gasteiger partial charge in [0.05, 0.1) is 0 Å². The molecular weight excluding hydrogens is 1090 g/mol. The Morgan fingerprint density at radius 3 is 0.805 bits per heavy atom. The maximum absolute atomic E-state index is 12.9. The molecule has 2 amide bonds. The van der Waals surface area contributed by atoms with E-state index >= 15 is 0 Å². The van der Waals surface area contributed by atoms with Crippen LogP contribution < -0.4 is 30.2 Å². The average Bonchev–Trinajstić information content (AvgIpc) is 0.866. The number of anilines is 9. The Hall–Kier alpha value is -6.08. The molecule has 5 aromatic rings. The smallest absolute Gasteiger partial charge is 0.233 e. The molecule has 4 fully saturated rings. The first-order valence-electron chi connectivity index (χ1n) is 31.5. The molecule has 16 nitrogen and oxygen atoms in total. The second-order valence-corrected chi connectivity index (χ2v) is 30.8. The summed E-state index contributed by atoms with van der Waals surface area (Å²) < 4.78 is 0. The summed E-state index contributed by atoms with van der Waals surface area (Å²) in [7, 11) is 1.51. The summed E-state index contributed by atoms with van der Waals surface area (Å²) in [4.78, 5) is 34.7. The first kappa shape index (κ1) is 65.4. The van der Waals surface area contributed by atoms with Crippen LogP contribution in [0.1, 0.15) is 174 Å². The maximum Gasteiger partial charge on any atom is 0.233 e. The molecule has 4 saturated heterocycles. The topological polar surface area (TPSA) is 165 Å². The third kappa shape index (κ3) is 13.5. The Kier molecular flexibility index (Phi) is 17.8. The lowest BCUT2D eigenvalue weighted by Crippen LogP contribution is -2.67. The lowest BCUT2D eigenvalue weighted by atomic mass is 9.74. The number of nitrogens with one attached hydrogen (secondary N) is 2. The van der Waals surface area contributed by atoms with Crippen LogP contribution in [-0.2, 0) is 9.59 Å². The van der Waals surface area contributed by atoms with Gasteiger partial charge >= 0.3 is 0 Å². The highest BCUT2D eigenvalue weighted by molar-refractivity contribution is 6.03. The number of carbonyl (C=O) groups excluding carboxylic acids is 2. The van der Waals surface area contributed by atoms with E-state index in [9.17, 15) is 30.4 Å². The minimum atomic E-state index is -0.493. The van der Waals surface area contributed by atoms with Crippen molar-refractivity contribution < 1.29 is 30.4 Å². The monoisotopic (exact) mass is 1190 g/mol. The van der Waals surface area contributed by atoms with Crippen LogP contribution in [0.25, 0.3) is 0 Å². The fourth-order valence-electron chi connectivity index (χ4n) is 16.1. The highest BCUT2D eigenvalue weighted by Gasteiger charge is 2.54. The van der Waals surface area contributed by atoms with Gasteiger partial charge in [0.25, 0.3) is 0 Å². The van der Waals surface area contributed by atoms with Crippen LogP contribution in [0.2, 0.25) is 0 Å². The summed E-state index contributed by atoms with van der Waals surface area (Å²) in [5, 5.41) is 57.7. The first-order chi connectivity index (χ1) is 40.4. The molecule has 0 atom stereocenters. The van der Waals surface area contributed by atoms with E-state index in [0.29, 0.717) is 5.69 Å². The number of amides is 2. The predicted octanol–water partition coefficient (Wildman–Crippen LogP) is 15.3. The lowest BCUT2D eigenvalue weighted by Gasteiger charge is -2.59. The van der Waals surface area contributed by atoms with Crippen LogP contribution in [0.15, 0.2) is 121 Å². The van der Waals surface area contributed by atoms with Gasteiger partial charge in [0.1, 0.15) is 6.42 Å². The third-order valence-corrected chi connectivity index (χ3v) is 19.5. The fraction of sp³-hybridized carbons (Fsp3) is 0.549. The number of rotatable bonds is 15. The van der Waals surface area contributed by atoms with E-state index < -0.39 is 50.2 Å². The third-order valence-electron chi connectivity index (χ3n) is 19.5. The van der Waals surface area contributed by atoms with E-state index in [1.54, 1.807) is 20.3 Å². The zero-order valence-electron chi connectivity index (χ0n) is 55.4. The number of piperidine rings is 4. The summed E-state index contributed by atoms with van der Waals surface area (Å²) in [5.41, 5.74) is 5.71. The van der Waals surface area contributed by atoms with Crippen molar-refractivity contribution in [3.05, 3.63) is 127 Å². The molecule has 87 heavy (non-hydrogen) atoms. The van der Waals surface area contributed by atoms with Crippen molar-refractivity contribution in [2.24, 2.45) is 0 Å². The highest BCUT2D eigenvalue weighted by Crippen LogP contribution is 2.50. The molecule has 0 unspecified atom stereocenters. The van der Waals surface area contributed by atoms with Gasteiger partial charge in [-0.25, -0.2) is 0 Å². The molecule has 4 heterocycles. The van der Waals surface area contributed by atoms with Crippen molar-refractivity contribution in [1.82, 2.24) is 25.6 Å². The number of benzene rings is 5. The Morgan fingerprint density at radius 2 is 0.575 bits per heavy atom. The van der Waals surface area contributed by atoms with Gasteiger partial charge in [-0.3, -0.25) is 9.59 Å². The van der Waals surface area contributed by atoms with E-state index in [2.05, 4.69) is 245 Å². The Bertz CT molecular complexity index is 3060. The van der Waals surface area contributed by atoms with Crippen molar-refractivity contribution in [2.75, 3.05) is 32.0 Å². The van der Waals surface area contributed by atoms with Crippen LogP contribution in [0.5, 0.6) is 0 Å². The molecule has 16 heteroatoms. The van der Waals surface area contributed by atoms with E-state index in [1.807, 2.05) is 24.3 Å². The quantitative estimate of drug-likeness (QED) is 0.0549. The highest BCUT2D eigenvalue weighted by atomic mass is 16.5. The number of aryl methyl sites for hydroxylation is 1. The minimum Gasteiger partial charge on any atom is -0.365 e. The fourth-order valence-corrected chi connectivity index (χ4v) is 16.1. The molecule has 0 saturated carbocycles. The molecule has 4 aliphatic heterocycles. The van der Waals surface area contributed by atoms with Gasteiger partial charge < -0.3 is 51.1 Å². The van der Waals surface area contributed by atoms with Crippen LogP contribution in [-0.4, -0.2) is 128 Å². The molecule has 9 rings (SSSR count). The van der Waals surface area contributed by atoms with Crippen molar-refractivity contribution in [1.29, 1.82) is 0 Å². The van der Waals surface area contributed by atoms with Crippen LogP contribution in [0.3, 0.4) is 0 Å². The zero-order chi connectivity index (χ0) is 63.8. The van der Waals surface area contributed by atoms with E-state index in [0.717, 1.165) is 102 Å². The predicted molar refractivity (Wildman–Crippen MR) is 352 cm³/mol. The van der Waals surface area contributed by atoms with Gasteiger partial charge in [-0.15, -0.1) is 0 Å². The summed E-state index contributed by atoms with van der Waals surface area (Å²) in [6.07, 6.45) is 5.74. The van der Waals surface area contributed by atoms with Crippen molar-refractivity contribution in [2.45, 2.75) is 244 Å². The summed E-state index contributed by atoms with van der Waals surface area (Å²) in [5.74, 6) is -0.767. The summed E-state index contributed by atoms with van der Waals surface area (Å²) in [6.45, 7) is 36.1. The van der Waals surface area contributed by atoms with Gasteiger partial charge in [0.2, 0.25) is 11.8 Å². The molecule has 0 aliphatic carbocycles. The number of carbonyl (C=O) groups is 2. The zero-order valence-corrected chi connectivity index (χ0v) is 55.4. The first-order valence-corrected chi connectivity index (χ1v) is 31.5. The van der Waals surface area contributed by atoms with Crippen molar-refractivity contribution >= 4 is 63.0 Å². The number of hydroxylamine groups is 8. The molecule has 0 spiro atoms. The number of hydrogen-bond acceptors (Lipinski definition) is 14. The summed E-state index contributed by atoms with van der Waals surface area (Å²) >= 11 is 0. The molecule has 4 aliphatic rings. The second kappa shape index (κ2) is 23.7.